The number of fused-ring (bicyclic) bond motifs is 1. The number of hydrogen-bond donors (Lipinski definition) is 0. The molecule has 1 aliphatic rings. The number of benzene rings is 4. The fraction of sp³-hybridized carbons (Fsp3) is 0.182. The first kappa shape index (κ1) is 39.7. The number of alkyl halides is 3. The Kier molecular flexibility index (Phi) is 18.9. The summed E-state index contributed by atoms with van der Waals surface area (Å²) in [6.45, 7) is 0. The first-order valence-corrected chi connectivity index (χ1v) is 16.4. The maximum atomic E-state index is 10.7. The van der Waals surface area contributed by atoms with Crippen LogP contribution in [0.4, 0.5) is 13.2 Å². The number of rotatable bonds is 3. The van der Waals surface area contributed by atoms with Crippen LogP contribution in [0.1, 0.15) is 32.1 Å². The molecule has 1 aliphatic carbocycles. The molecule has 0 amide bonds. The number of halogens is 3. The van der Waals surface area contributed by atoms with E-state index in [0.29, 0.717) is 0 Å². The summed E-state index contributed by atoms with van der Waals surface area (Å²) in [5, 5.41) is 5.39. The molecule has 12 heteroatoms. The van der Waals surface area contributed by atoms with Crippen LogP contribution >= 0.6 is 7.92 Å². The van der Waals surface area contributed by atoms with Gasteiger partial charge >= 0.3 is 5.51 Å². The van der Waals surface area contributed by atoms with E-state index in [9.17, 15) is 13.2 Å². The predicted molar refractivity (Wildman–Crippen MR) is 172 cm³/mol. The van der Waals surface area contributed by atoms with Crippen molar-refractivity contribution in [3.8, 4) is 0 Å². The van der Waals surface area contributed by atoms with E-state index in [4.69, 9.17) is 23.5 Å². The first-order chi connectivity index (χ1) is 21.2. The van der Waals surface area contributed by atoms with Gasteiger partial charge in [-0.25, -0.2) is 8.42 Å². The van der Waals surface area contributed by atoms with E-state index in [1.54, 1.807) is 0 Å². The number of hydrogen-bond acceptors (Lipinski definition) is 5. The summed E-state index contributed by atoms with van der Waals surface area (Å²) in [6, 6.07) is 44.4. The zero-order chi connectivity index (χ0) is 32.3. The van der Waals surface area contributed by atoms with E-state index in [-0.39, 0.29) is 20.4 Å². The van der Waals surface area contributed by atoms with Gasteiger partial charge in [0, 0.05) is 32.0 Å². The molecule has 0 bridgehead atoms. The standard InChI is InChI=1S/C18H15P.C9H7N.C5H10.CHF3O3S.NO.Re/c1-4-10-16(11-5-1)19(17-12-6-2-7-13-17)18-14-8-3-9-15-18;1-2-6-9-8(4-1)5-3-7-10-9;1-2-4-5-3-1;2-1(3,4)8(5,6)7;1-2;/h1-15H;1-7H;1-5H2;(H,5,6,7);;/q;;;;-1;/p-1. The molecule has 6 rings (SSSR count). The number of nitroso groups, excluding NO2 is 1. The Morgan fingerprint density at radius 2 is 0.911 bits per heavy atom. The third-order valence-electron chi connectivity index (χ3n) is 6.09. The molecule has 0 spiro atoms. The molecule has 1 saturated carbocycles. The molecule has 1 heterocycles. The maximum absolute atomic E-state index is 10.7. The summed E-state index contributed by atoms with van der Waals surface area (Å²) in [7, 11) is -6.54. The van der Waals surface area contributed by atoms with Crippen molar-refractivity contribution in [2.45, 2.75) is 37.6 Å². The minimum absolute atomic E-state index is 0. The molecule has 0 unspecified atom stereocenters. The largest absolute Gasteiger partial charge is 0.741 e. The average molecular weight is 827 g/mol. The van der Waals surface area contributed by atoms with Gasteiger partial charge in [-0.05, 0) is 36.0 Å². The molecule has 1 radical (unpaired) electrons. The van der Waals surface area contributed by atoms with Gasteiger partial charge in [0.2, 0.25) is 0 Å². The van der Waals surface area contributed by atoms with Gasteiger partial charge in [0.05, 0.1) is 5.52 Å². The molecular weight excluding hydrogens is 795 g/mol. The number of nitrogens with zero attached hydrogens (tertiary/aromatic N) is 2. The summed E-state index contributed by atoms with van der Waals surface area (Å²) in [5.41, 5.74) is 1.16. The zero-order valence-electron chi connectivity index (χ0n) is 24.1. The Morgan fingerprint density at radius 3 is 1.24 bits per heavy atom. The van der Waals surface area contributed by atoms with E-state index >= 15 is 0 Å². The van der Waals surface area contributed by atoms with Crippen LogP contribution in [0, 0.1) is 4.91 Å². The number of aromatic nitrogens is 1. The van der Waals surface area contributed by atoms with Crippen molar-refractivity contribution in [1.82, 2.24) is 4.98 Å². The molecule has 0 saturated heterocycles. The summed E-state index contributed by atoms with van der Waals surface area (Å²) >= 11 is 0. The molecule has 4 aromatic carbocycles. The van der Waals surface area contributed by atoms with E-state index < -0.39 is 23.5 Å². The summed E-state index contributed by atoms with van der Waals surface area (Å²) in [4.78, 5) is 11.4. The Labute approximate surface area is 277 Å². The van der Waals surface area contributed by atoms with Crippen molar-refractivity contribution in [2.75, 3.05) is 0 Å². The third kappa shape index (κ3) is 14.5. The molecule has 0 N–H and O–H groups in total. The van der Waals surface area contributed by atoms with E-state index in [1.165, 1.54) is 53.4 Å². The normalized spacial score (nSPS) is 11.9. The third-order valence-corrected chi connectivity index (χ3v) is 9.10. The van der Waals surface area contributed by atoms with Crippen LogP contribution in [0.2, 0.25) is 0 Å². The first-order valence-electron chi connectivity index (χ1n) is 13.6. The fourth-order valence-electron chi connectivity index (χ4n) is 4.08. The molecule has 5 aromatic rings. The van der Waals surface area contributed by atoms with Gasteiger partial charge in [-0.1, -0.05) is 147 Å². The van der Waals surface area contributed by atoms with Crippen molar-refractivity contribution in [1.29, 1.82) is 0 Å². The Balaban J connectivity index is 0.000000328. The van der Waals surface area contributed by atoms with Gasteiger partial charge in [-0.2, -0.15) is 13.2 Å². The molecule has 239 valence electrons. The molecular formula is C33H32F3N2O4PReS-2. The van der Waals surface area contributed by atoms with Crippen LogP contribution in [0.5, 0.6) is 0 Å². The van der Waals surface area contributed by atoms with Gasteiger partial charge in [-0.3, -0.25) is 4.98 Å². The van der Waals surface area contributed by atoms with Crippen molar-refractivity contribution in [3.05, 3.63) is 144 Å². The fourth-order valence-corrected chi connectivity index (χ4v) is 6.38. The number of para-hydroxylation sites is 1. The average Bonchev–Trinajstić information content (AvgIpc) is 3.64. The van der Waals surface area contributed by atoms with Crippen LogP contribution in [-0.4, -0.2) is 23.5 Å². The van der Waals surface area contributed by atoms with Crippen molar-refractivity contribution in [2.24, 2.45) is 0 Å². The quantitative estimate of drug-likeness (QED) is 0.104. The van der Waals surface area contributed by atoms with E-state index in [0.717, 1.165) is 5.52 Å². The second-order valence-electron chi connectivity index (χ2n) is 9.21. The summed E-state index contributed by atoms with van der Waals surface area (Å²) < 4.78 is 58.9. The SMILES string of the molecule is C1CCCC1.O=S(=O)([O-])C(F)(F)F.[N-]=O.[Re].c1ccc(P(c2ccccc2)c2ccccc2)cc1.c1ccc2ncccc2c1. The molecule has 6 nitrogen and oxygen atoms in total. The molecule has 0 atom stereocenters. The van der Waals surface area contributed by atoms with Crippen molar-refractivity contribution >= 4 is 44.9 Å². The van der Waals surface area contributed by atoms with Crippen molar-refractivity contribution < 1.29 is 46.6 Å². The minimum Gasteiger partial charge on any atom is -0.741 e. The Morgan fingerprint density at radius 1 is 0.600 bits per heavy atom. The summed E-state index contributed by atoms with van der Waals surface area (Å²) in [6.07, 6.45) is 9.31. The smallest absolute Gasteiger partial charge is 0.485 e. The monoisotopic (exact) mass is 827 g/mol. The predicted octanol–water partition coefficient (Wildman–Crippen LogP) is 8.00. The Hall–Kier alpha value is -3.32. The number of pyridine rings is 1. The molecule has 1 fully saturated rings. The van der Waals surface area contributed by atoms with Gasteiger partial charge < -0.3 is 15.1 Å². The van der Waals surface area contributed by atoms with E-state index in [2.05, 4.69) is 108 Å². The maximum Gasteiger partial charge on any atom is 0.485 e. The second-order valence-corrected chi connectivity index (χ2v) is 12.8. The van der Waals surface area contributed by atoms with Crippen LogP contribution in [-0.2, 0) is 30.5 Å². The van der Waals surface area contributed by atoms with Crippen LogP contribution in [0.3, 0.4) is 0 Å². The van der Waals surface area contributed by atoms with Crippen LogP contribution in [0.25, 0.3) is 16.5 Å². The van der Waals surface area contributed by atoms with Gasteiger partial charge in [-0.15, -0.1) is 0 Å². The van der Waals surface area contributed by atoms with Gasteiger partial charge in [0.15, 0.2) is 10.1 Å². The van der Waals surface area contributed by atoms with Crippen LogP contribution in [0.15, 0.2) is 134 Å². The zero-order valence-corrected chi connectivity index (χ0v) is 28.6. The van der Waals surface area contributed by atoms with Gasteiger partial charge in [0.25, 0.3) is 0 Å². The second kappa shape index (κ2) is 21.4. The molecule has 0 aliphatic heterocycles. The van der Waals surface area contributed by atoms with Crippen molar-refractivity contribution in [3.63, 3.8) is 0 Å². The van der Waals surface area contributed by atoms with Gasteiger partial charge in [0.1, 0.15) is 0 Å². The Bertz CT molecular complexity index is 1430. The topological polar surface area (TPSA) is 109 Å². The molecule has 45 heavy (non-hydrogen) atoms. The minimum atomic E-state index is -6.09. The van der Waals surface area contributed by atoms with Crippen LogP contribution < -0.4 is 15.9 Å². The molecule has 1 aromatic heterocycles. The van der Waals surface area contributed by atoms with E-state index in [1.807, 2.05) is 30.5 Å². The summed E-state index contributed by atoms with van der Waals surface area (Å²) in [5.74, 6) is 0.